The number of para-hydroxylation sites is 1. The van der Waals surface area contributed by atoms with E-state index in [2.05, 4.69) is 0 Å². The minimum atomic E-state index is -0.454. The molecule has 0 radical (unpaired) electrons. The van der Waals surface area contributed by atoms with Crippen LogP contribution in [0.2, 0.25) is 0 Å². The second kappa shape index (κ2) is 7.96. The number of anilines is 1. The number of hydrogen-bond acceptors (Lipinski definition) is 4. The summed E-state index contributed by atoms with van der Waals surface area (Å²) in [4.78, 5) is 39.8. The zero-order valence-electron chi connectivity index (χ0n) is 16.9. The summed E-state index contributed by atoms with van der Waals surface area (Å²) in [7, 11) is 0. The van der Waals surface area contributed by atoms with E-state index >= 15 is 0 Å². The number of imide groups is 1. The fourth-order valence-corrected chi connectivity index (χ4v) is 3.66. The molecular formula is C27H17NO4. The molecule has 0 bridgehead atoms. The van der Waals surface area contributed by atoms with E-state index in [-0.39, 0.29) is 16.9 Å². The highest BCUT2D eigenvalue weighted by Crippen LogP contribution is 2.31. The van der Waals surface area contributed by atoms with Gasteiger partial charge in [0.1, 0.15) is 11.5 Å². The maximum Gasteiger partial charge on any atom is 0.266 e. The number of benzene rings is 4. The van der Waals surface area contributed by atoms with E-state index in [9.17, 15) is 14.4 Å². The first kappa shape index (κ1) is 19.5. The molecule has 0 fully saturated rings. The molecule has 0 unspecified atom stereocenters. The summed E-state index contributed by atoms with van der Waals surface area (Å²) in [6.07, 6.45) is 0. The summed E-state index contributed by atoms with van der Waals surface area (Å²) < 4.78 is 5.77. The smallest absolute Gasteiger partial charge is 0.266 e. The Bertz CT molecular complexity index is 1330. The number of nitrogens with zero attached hydrogens (tertiary/aromatic N) is 1. The molecule has 5 heteroatoms. The molecule has 5 nitrogen and oxygen atoms in total. The molecule has 4 aromatic rings. The Balaban J connectivity index is 1.40. The summed E-state index contributed by atoms with van der Waals surface area (Å²) >= 11 is 0. The fraction of sp³-hybridized carbons (Fsp3) is 0. The molecule has 1 heterocycles. The third kappa shape index (κ3) is 3.46. The molecule has 154 valence electrons. The van der Waals surface area contributed by atoms with Gasteiger partial charge in [-0.15, -0.1) is 0 Å². The number of carbonyl (C=O) groups is 3. The van der Waals surface area contributed by atoms with Gasteiger partial charge in [0, 0.05) is 11.1 Å². The van der Waals surface area contributed by atoms with Crippen molar-refractivity contribution in [3.05, 3.63) is 125 Å². The number of ether oxygens (including phenoxy) is 1. The van der Waals surface area contributed by atoms with Gasteiger partial charge in [-0.05, 0) is 48.5 Å². The van der Waals surface area contributed by atoms with Gasteiger partial charge in [0.05, 0.1) is 16.8 Å². The zero-order valence-corrected chi connectivity index (χ0v) is 16.9. The topological polar surface area (TPSA) is 63.7 Å². The molecule has 2 amide bonds. The van der Waals surface area contributed by atoms with Crippen LogP contribution in [-0.4, -0.2) is 17.6 Å². The molecule has 1 aliphatic heterocycles. The Labute approximate surface area is 184 Å². The highest BCUT2D eigenvalue weighted by Gasteiger charge is 2.37. The summed E-state index contributed by atoms with van der Waals surface area (Å²) in [5, 5.41) is 0. The van der Waals surface area contributed by atoms with Crippen molar-refractivity contribution in [2.45, 2.75) is 0 Å². The van der Waals surface area contributed by atoms with Crippen molar-refractivity contribution < 1.29 is 19.1 Å². The average Bonchev–Trinajstić information content (AvgIpc) is 3.10. The molecule has 0 saturated heterocycles. The van der Waals surface area contributed by atoms with Gasteiger partial charge < -0.3 is 4.74 Å². The van der Waals surface area contributed by atoms with Crippen molar-refractivity contribution in [3.8, 4) is 11.5 Å². The molecule has 0 N–H and O–H groups in total. The average molecular weight is 419 g/mol. The van der Waals surface area contributed by atoms with E-state index in [0.29, 0.717) is 28.3 Å². The van der Waals surface area contributed by atoms with Crippen molar-refractivity contribution >= 4 is 23.3 Å². The highest BCUT2D eigenvalue weighted by atomic mass is 16.5. The predicted octanol–water partition coefficient (Wildman–Crippen LogP) is 5.51. The van der Waals surface area contributed by atoms with Gasteiger partial charge in [-0.25, -0.2) is 4.90 Å². The van der Waals surface area contributed by atoms with Crippen LogP contribution in [0, 0.1) is 0 Å². The van der Waals surface area contributed by atoms with Gasteiger partial charge in [-0.1, -0.05) is 54.6 Å². The minimum absolute atomic E-state index is 0.200. The zero-order chi connectivity index (χ0) is 22.1. The van der Waals surface area contributed by atoms with E-state index in [1.165, 1.54) is 6.07 Å². The second-order valence-electron chi connectivity index (χ2n) is 7.31. The first-order valence-corrected chi connectivity index (χ1v) is 10.1. The summed E-state index contributed by atoms with van der Waals surface area (Å²) in [6.45, 7) is 0. The lowest BCUT2D eigenvalue weighted by molar-refractivity contribution is 0.0925. The number of carbonyl (C=O) groups excluding carboxylic acids is 3. The number of amides is 2. The standard InChI is InChI=1S/C27H17NO4/c29-25(18-7-3-1-4-8-18)19-11-16-23-24(17-19)27(31)28(26(23)30)20-12-14-22(15-13-20)32-21-9-5-2-6-10-21/h1-17H. The van der Waals surface area contributed by atoms with Crippen LogP contribution in [0.4, 0.5) is 5.69 Å². The van der Waals surface area contributed by atoms with Crippen LogP contribution in [0.15, 0.2) is 103 Å². The molecule has 32 heavy (non-hydrogen) atoms. The van der Waals surface area contributed by atoms with Crippen LogP contribution in [0.1, 0.15) is 36.6 Å². The maximum absolute atomic E-state index is 13.1. The molecule has 0 aliphatic carbocycles. The van der Waals surface area contributed by atoms with Crippen LogP contribution < -0.4 is 9.64 Å². The number of rotatable bonds is 5. The van der Waals surface area contributed by atoms with Gasteiger partial charge in [0.25, 0.3) is 11.8 Å². The first-order valence-electron chi connectivity index (χ1n) is 10.1. The second-order valence-corrected chi connectivity index (χ2v) is 7.31. The number of fused-ring (bicyclic) bond motifs is 1. The predicted molar refractivity (Wildman–Crippen MR) is 120 cm³/mol. The SMILES string of the molecule is O=C(c1ccccc1)c1ccc2c(c1)C(=O)N(c1ccc(Oc3ccccc3)cc1)C2=O. The lowest BCUT2D eigenvalue weighted by Gasteiger charge is -2.14. The summed E-state index contributed by atoms with van der Waals surface area (Å²) in [5.74, 6) is 0.211. The molecule has 0 aromatic heterocycles. The van der Waals surface area contributed by atoms with E-state index in [1.54, 1.807) is 60.7 Å². The number of hydrogen-bond donors (Lipinski definition) is 0. The largest absolute Gasteiger partial charge is 0.457 e. The van der Waals surface area contributed by atoms with Gasteiger partial charge in [-0.2, -0.15) is 0 Å². The quantitative estimate of drug-likeness (QED) is 0.316. The number of ketones is 1. The normalized spacial score (nSPS) is 12.6. The van der Waals surface area contributed by atoms with Crippen LogP contribution in [0.5, 0.6) is 11.5 Å². The van der Waals surface area contributed by atoms with Gasteiger partial charge >= 0.3 is 0 Å². The van der Waals surface area contributed by atoms with Gasteiger partial charge in [-0.3, -0.25) is 14.4 Å². The van der Waals surface area contributed by atoms with Gasteiger partial charge in [0.2, 0.25) is 0 Å². The summed E-state index contributed by atoms with van der Waals surface area (Å²) in [5.41, 5.74) is 1.83. The minimum Gasteiger partial charge on any atom is -0.457 e. The molecule has 0 atom stereocenters. The molecule has 0 saturated carbocycles. The molecule has 5 rings (SSSR count). The third-order valence-electron chi connectivity index (χ3n) is 5.26. The summed E-state index contributed by atoms with van der Waals surface area (Å²) in [6, 6.07) is 29.5. The molecular weight excluding hydrogens is 402 g/mol. The monoisotopic (exact) mass is 419 g/mol. The lowest BCUT2D eigenvalue weighted by Crippen LogP contribution is -2.29. The van der Waals surface area contributed by atoms with E-state index < -0.39 is 11.8 Å². The Morgan fingerprint density at radius 2 is 1.19 bits per heavy atom. The molecule has 1 aliphatic rings. The van der Waals surface area contributed by atoms with Crippen molar-refractivity contribution in [3.63, 3.8) is 0 Å². The van der Waals surface area contributed by atoms with Crippen molar-refractivity contribution in [2.24, 2.45) is 0 Å². The Morgan fingerprint density at radius 3 is 1.88 bits per heavy atom. The van der Waals surface area contributed by atoms with E-state index in [0.717, 1.165) is 4.90 Å². The Morgan fingerprint density at radius 1 is 0.594 bits per heavy atom. The molecule has 4 aromatic carbocycles. The van der Waals surface area contributed by atoms with Gasteiger partial charge in [0.15, 0.2) is 5.78 Å². The van der Waals surface area contributed by atoms with E-state index in [1.807, 2.05) is 36.4 Å². The lowest BCUT2D eigenvalue weighted by atomic mass is 9.99. The Hall–Kier alpha value is -4.51. The van der Waals surface area contributed by atoms with Crippen molar-refractivity contribution in [1.82, 2.24) is 0 Å². The van der Waals surface area contributed by atoms with Crippen LogP contribution >= 0.6 is 0 Å². The molecule has 0 spiro atoms. The van der Waals surface area contributed by atoms with Crippen molar-refractivity contribution in [1.29, 1.82) is 0 Å². The Kier molecular flexibility index (Phi) is 4.84. The fourth-order valence-electron chi connectivity index (χ4n) is 3.66. The highest BCUT2D eigenvalue weighted by molar-refractivity contribution is 6.34. The van der Waals surface area contributed by atoms with Crippen LogP contribution in [0.3, 0.4) is 0 Å². The first-order chi connectivity index (χ1) is 15.6. The van der Waals surface area contributed by atoms with E-state index in [4.69, 9.17) is 4.74 Å². The maximum atomic E-state index is 13.1. The third-order valence-corrected chi connectivity index (χ3v) is 5.26. The van der Waals surface area contributed by atoms with Crippen molar-refractivity contribution in [2.75, 3.05) is 4.90 Å². The van der Waals surface area contributed by atoms with Crippen LogP contribution in [-0.2, 0) is 0 Å². The van der Waals surface area contributed by atoms with Crippen LogP contribution in [0.25, 0.3) is 0 Å².